The van der Waals surface area contributed by atoms with Crippen LogP contribution in [0.5, 0.6) is 0 Å². The number of rotatable bonds is 5. The van der Waals surface area contributed by atoms with Crippen molar-refractivity contribution >= 4 is 28.5 Å². The topological polar surface area (TPSA) is 90.9 Å². The third-order valence-electron chi connectivity index (χ3n) is 4.80. The second-order valence-corrected chi connectivity index (χ2v) is 11.0. The van der Waals surface area contributed by atoms with E-state index in [2.05, 4.69) is 5.32 Å². The quantitative estimate of drug-likeness (QED) is 0.748. The number of hydrogen-bond acceptors (Lipinski definition) is 6. The Morgan fingerprint density at radius 1 is 1.07 bits per heavy atom. The first-order valence-corrected chi connectivity index (χ1v) is 10.9. The Balaban J connectivity index is 1.98. The molecule has 0 unspecified atom stereocenters. The first-order chi connectivity index (χ1) is 12.6. The van der Waals surface area contributed by atoms with Gasteiger partial charge < -0.3 is 19.4 Å². The van der Waals surface area contributed by atoms with Crippen molar-refractivity contribution < 1.29 is 27.3 Å². The van der Waals surface area contributed by atoms with Crippen LogP contribution in [0.4, 0.5) is 4.79 Å². The van der Waals surface area contributed by atoms with Gasteiger partial charge >= 0.3 is 13.2 Å². The van der Waals surface area contributed by atoms with Gasteiger partial charge in [0.05, 0.1) is 21.9 Å². The first-order valence-electron chi connectivity index (χ1n) is 9.28. The minimum atomic E-state index is -3.54. The van der Waals surface area contributed by atoms with E-state index in [4.69, 9.17) is 14.0 Å². The summed E-state index contributed by atoms with van der Waals surface area (Å²) in [6.07, 6.45) is -0.640. The molecule has 0 atom stereocenters. The van der Waals surface area contributed by atoms with Crippen molar-refractivity contribution in [2.24, 2.45) is 0 Å². The number of hydrogen-bond donors (Lipinski definition) is 1. The van der Waals surface area contributed by atoms with Crippen LogP contribution < -0.4 is 10.8 Å². The highest BCUT2D eigenvalue weighted by molar-refractivity contribution is 7.91. The highest BCUT2D eigenvalue weighted by atomic mass is 32.2. The molecule has 2 rings (SSSR count). The van der Waals surface area contributed by atoms with E-state index in [9.17, 15) is 13.2 Å². The maximum absolute atomic E-state index is 12.5. The molecule has 1 N–H and O–H groups in total. The Labute approximate surface area is 168 Å². The zero-order chi connectivity index (χ0) is 21.4. The molecule has 1 aliphatic rings. The molecule has 1 aromatic carbocycles. The zero-order valence-corrected chi connectivity index (χ0v) is 18.5. The monoisotopic (exact) mass is 411 g/mol. The second kappa shape index (κ2) is 7.69. The molecule has 0 aliphatic carbocycles. The minimum Gasteiger partial charge on any atom is -0.444 e. The van der Waals surface area contributed by atoms with Crippen molar-refractivity contribution in [3.8, 4) is 0 Å². The van der Waals surface area contributed by atoms with Gasteiger partial charge in [-0.05, 0) is 66.1 Å². The molecule has 9 heteroatoms. The second-order valence-electron chi connectivity index (χ2n) is 8.90. The molecule has 0 radical (unpaired) electrons. The molecule has 1 heterocycles. The maximum Gasteiger partial charge on any atom is 0.494 e. The van der Waals surface area contributed by atoms with Crippen LogP contribution >= 0.6 is 0 Å². The molecule has 1 aliphatic heterocycles. The van der Waals surface area contributed by atoms with E-state index in [1.807, 2.05) is 27.7 Å². The Morgan fingerprint density at radius 3 is 2.04 bits per heavy atom. The highest BCUT2D eigenvalue weighted by Crippen LogP contribution is 2.36. The molecule has 0 spiro atoms. The number of sulfone groups is 1. The molecule has 28 heavy (non-hydrogen) atoms. The average molecular weight is 411 g/mol. The molecular formula is C19H30BNO6S. The number of alkyl carbamates (subject to hydrolysis) is 1. The van der Waals surface area contributed by atoms with Crippen LogP contribution in [0, 0.1) is 0 Å². The predicted molar refractivity (Wildman–Crippen MR) is 108 cm³/mol. The Hall–Kier alpha value is -1.58. The number of benzene rings is 1. The fraction of sp³-hybridized carbons (Fsp3) is 0.632. The van der Waals surface area contributed by atoms with Crippen molar-refractivity contribution in [3.63, 3.8) is 0 Å². The lowest BCUT2D eigenvalue weighted by molar-refractivity contribution is 0.00578. The number of ether oxygens (including phenoxy) is 1. The van der Waals surface area contributed by atoms with Gasteiger partial charge in [0.2, 0.25) is 0 Å². The Morgan fingerprint density at radius 2 is 1.57 bits per heavy atom. The molecular weight excluding hydrogens is 381 g/mol. The zero-order valence-electron chi connectivity index (χ0n) is 17.7. The van der Waals surface area contributed by atoms with Crippen molar-refractivity contribution in [3.05, 3.63) is 24.3 Å². The van der Waals surface area contributed by atoms with Crippen LogP contribution in [0.15, 0.2) is 29.2 Å². The molecule has 1 amide bonds. The van der Waals surface area contributed by atoms with Gasteiger partial charge in [0.15, 0.2) is 9.84 Å². The summed E-state index contributed by atoms with van der Waals surface area (Å²) in [5.74, 6) is -0.220. The molecule has 0 saturated carbocycles. The van der Waals surface area contributed by atoms with E-state index in [1.165, 1.54) is 12.1 Å². The lowest BCUT2D eigenvalue weighted by Gasteiger charge is -2.32. The summed E-state index contributed by atoms with van der Waals surface area (Å²) < 4.78 is 42.0. The SMILES string of the molecule is CC(C)(C)OC(=O)NCCS(=O)(=O)c1ccc(B2OC(C)(C)C(C)(C)O2)cc1. The maximum atomic E-state index is 12.5. The van der Waals surface area contributed by atoms with Crippen molar-refractivity contribution in [2.75, 3.05) is 12.3 Å². The summed E-state index contributed by atoms with van der Waals surface area (Å²) in [5, 5.41) is 2.46. The van der Waals surface area contributed by atoms with Crippen LogP contribution in [0.3, 0.4) is 0 Å². The van der Waals surface area contributed by atoms with Gasteiger partial charge in [0, 0.05) is 6.54 Å². The highest BCUT2D eigenvalue weighted by Gasteiger charge is 2.51. The van der Waals surface area contributed by atoms with Crippen LogP contribution in [-0.2, 0) is 23.9 Å². The van der Waals surface area contributed by atoms with E-state index in [0.717, 1.165) is 5.46 Å². The van der Waals surface area contributed by atoms with Crippen LogP contribution in [0.25, 0.3) is 0 Å². The summed E-state index contributed by atoms with van der Waals surface area (Å²) in [4.78, 5) is 11.8. The largest absolute Gasteiger partial charge is 0.494 e. The van der Waals surface area contributed by atoms with Gasteiger partial charge in [-0.1, -0.05) is 12.1 Å². The summed E-state index contributed by atoms with van der Waals surface area (Å²) in [7, 11) is -4.08. The van der Waals surface area contributed by atoms with Crippen molar-refractivity contribution in [2.45, 2.75) is 70.2 Å². The molecule has 1 aromatic rings. The van der Waals surface area contributed by atoms with Gasteiger partial charge in [0.25, 0.3) is 0 Å². The number of nitrogens with one attached hydrogen (secondary N) is 1. The molecule has 1 saturated heterocycles. The normalized spacial score (nSPS) is 18.8. The molecule has 0 bridgehead atoms. The third-order valence-corrected chi connectivity index (χ3v) is 6.54. The average Bonchev–Trinajstić information content (AvgIpc) is 2.73. The molecule has 0 aromatic heterocycles. The van der Waals surface area contributed by atoms with Gasteiger partial charge in [-0.15, -0.1) is 0 Å². The molecule has 156 valence electrons. The Kier molecular flexibility index (Phi) is 6.23. The van der Waals surface area contributed by atoms with Gasteiger partial charge in [0.1, 0.15) is 5.60 Å². The number of carbonyl (C=O) groups is 1. The van der Waals surface area contributed by atoms with E-state index < -0.39 is 39.9 Å². The summed E-state index contributed by atoms with van der Waals surface area (Å²) in [5.41, 5.74) is -0.804. The molecule has 7 nitrogen and oxygen atoms in total. The van der Waals surface area contributed by atoms with Crippen LogP contribution in [0.1, 0.15) is 48.5 Å². The lowest BCUT2D eigenvalue weighted by atomic mass is 9.79. The van der Waals surface area contributed by atoms with Gasteiger partial charge in [-0.2, -0.15) is 0 Å². The standard InChI is InChI=1S/C19H30BNO6S/c1-17(2,3)25-16(22)21-12-13-28(23,24)15-10-8-14(9-11-15)20-26-18(4,5)19(6,7)27-20/h8-11H,12-13H2,1-7H3,(H,21,22). The van der Waals surface area contributed by atoms with Crippen LogP contribution in [0.2, 0.25) is 0 Å². The van der Waals surface area contributed by atoms with E-state index in [1.54, 1.807) is 32.9 Å². The Bertz CT molecular complexity index is 796. The first kappa shape index (κ1) is 22.7. The number of amides is 1. The predicted octanol–water partition coefficient (Wildman–Crippen LogP) is 2.28. The number of carbonyl (C=O) groups excluding carboxylic acids is 1. The van der Waals surface area contributed by atoms with Crippen LogP contribution in [-0.4, -0.2) is 50.7 Å². The van der Waals surface area contributed by atoms with Crippen molar-refractivity contribution in [1.82, 2.24) is 5.32 Å². The minimum absolute atomic E-state index is 0.0315. The third kappa shape index (κ3) is 5.49. The summed E-state index contributed by atoms with van der Waals surface area (Å²) in [6, 6.07) is 6.44. The van der Waals surface area contributed by atoms with E-state index >= 15 is 0 Å². The lowest BCUT2D eigenvalue weighted by Crippen LogP contribution is -2.41. The van der Waals surface area contributed by atoms with E-state index in [0.29, 0.717) is 0 Å². The van der Waals surface area contributed by atoms with Crippen molar-refractivity contribution in [1.29, 1.82) is 0 Å². The summed E-state index contributed by atoms with van der Waals surface area (Å²) in [6.45, 7) is 13.0. The van der Waals surface area contributed by atoms with E-state index in [-0.39, 0.29) is 17.2 Å². The summed E-state index contributed by atoms with van der Waals surface area (Å²) >= 11 is 0. The molecule has 1 fully saturated rings. The van der Waals surface area contributed by atoms with Gasteiger partial charge in [-0.25, -0.2) is 13.2 Å². The van der Waals surface area contributed by atoms with Gasteiger partial charge in [-0.3, -0.25) is 0 Å². The fourth-order valence-corrected chi connectivity index (χ4v) is 3.69. The fourth-order valence-electron chi connectivity index (χ4n) is 2.53. The smallest absolute Gasteiger partial charge is 0.444 e.